The molecule has 0 bridgehead atoms. The van der Waals surface area contributed by atoms with E-state index in [1.807, 2.05) is 25.1 Å². The van der Waals surface area contributed by atoms with Crippen molar-refractivity contribution in [1.29, 1.82) is 0 Å². The van der Waals surface area contributed by atoms with Crippen LogP contribution in [0.1, 0.15) is 6.92 Å². The summed E-state index contributed by atoms with van der Waals surface area (Å²) in [5.41, 5.74) is 2.23. The van der Waals surface area contributed by atoms with Gasteiger partial charge in [-0.3, -0.25) is 0 Å². The molecule has 1 aliphatic rings. The molecule has 0 fully saturated rings. The monoisotopic (exact) mass is 139 g/mol. The van der Waals surface area contributed by atoms with Crippen LogP contribution in [-0.2, 0) is 4.74 Å². The van der Waals surface area contributed by atoms with E-state index in [4.69, 9.17) is 4.74 Å². The fourth-order valence-electron chi connectivity index (χ4n) is 1.23. The maximum Gasteiger partial charge on any atom is 0.119 e. The Morgan fingerprint density at radius 3 is 2.50 bits per heavy atom. The van der Waals surface area contributed by atoms with E-state index in [1.165, 1.54) is 5.57 Å². The van der Waals surface area contributed by atoms with Crippen LogP contribution in [0.15, 0.2) is 24.0 Å². The Labute approximate surface area is 61.8 Å². The molecule has 1 aliphatic heterocycles. The highest BCUT2D eigenvalue weighted by Crippen LogP contribution is 2.23. The zero-order valence-electron chi connectivity index (χ0n) is 6.72. The lowest BCUT2D eigenvalue weighted by atomic mass is 10.2. The van der Waals surface area contributed by atoms with Crippen LogP contribution in [0.2, 0.25) is 0 Å². The maximum absolute atomic E-state index is 5.20. The van der Waals surface area contributed by atoms with Crippen molar-refractivity contribution in [3.63, 3.8) is 0 Å². The van der Waals surface area contributed by atoms with Crippen molar-refractivity contribution in [2.45, 2.75) is 13.0 Å². The van der Waals surface area contributed by atoms with Crippen molar-refractivity contribution in [3.8, 4) is 0 Å². The fraction of sp³-hybridized carbons (Fsp3) is 0.500. The van der Waals surface area contributed by atoms with E-state index < -0.39 is 0 Å². The minimum absolute atomic E-state index is 0.102. The Kier molecular flexibility index (Phi) is 1.81. The highest BCUT2D eigenvalue weighted by Gasteiger charge is 2.22. The van der Waals surface area contributed by atoms with Crippen LogP contribution < -0.4 is 0 Å². The van der Waals surface area contributed by atoms with E-state index in [1.54, 1.807) is 7.11 Å². The molecular formula is C8H13NO. The van der Waals surface area contributed by atoms with E-state index in [2.05, 4.69) is 6.58 Å². The Hall–Kier alpha value is -0.760. The van der Waals surface area contributed by atoms with Crippen LogP contribution in [0.25, 0.3) is 0 Å². The zero-order chi connectivity index (χ0) is 7.72. The lowest BCUT2D eigenvalue weighted by molar-refractivity contribution is 0.153. The summed E-state index contributed by atoms with van der Waals surface area (Å²) in [4.78, 5) is 1.99. The van der Waals surface area contributed by atoms with Gasteiger partial charge in [0, 0.05) is 26.1 Å². The molecule has 1 unspecified atom stereocenters. The van der Waals surface area contributed by atoms with Crippen LogP contribution in [-0.4, -0.2) is 25.2 Å². The van der Waals surface area contributed by atoms with Gasteiger partial charge >= 0.3 is 0 Å². The van der Waals surface area contributed by atoms with Crippen molar-refractivity contribution in [3.05, 3.63) is 24.0 Å². The Morgan fingerprint density at radius 2 is 2.30 bits per heavy atom. The second kappa shape index (κ2) is 2.46. The highest BCUT2D eigenvalue weighted by atomic mass is 16.5. The SMILES string of the molecule is C=C1C(OC)C(C)=CN1C. The number of ether oxygens (including phenoxy) is 1. The summed E-state index contributed by atoms with van der Waals surface area (Å²) in [5.74, 6) is 0. The Bertz CT molecular complexity index is 184. The number of nitrogens with zero attached hydrogens (tertiary/aromatic N) is 1. The van der Waals surface area contributed by atoms with Gasteiger partial charge in [-0.2, -0.15) is 0 Å². The first-order chi connectivity index (χ1) is 4.66. The molecule has 10 heavy (non-hydrogen) atoms. The van der Waals surface area contributed by atoms with Crippen LogP contribution in [0.3, 0.4) is 0 Å². The normalized spacial score (nSPS) is 25.5. The number of likely N-dealkylation sites (N-methyl/N-ethyl adjacent to an activating group) is 1. The molecule has 2 heteroatoms. The molecule has 0 saturated carbocycles. The standard InChI is InChI=1S/C8H13NO/c1-6-5-9(3)7(2)8(6)10-4/h5,8H,2H2,1,3-4H3. The summed E-state index contributed by atoms with van der Waals surface area (Å²) in [6.45, 7) is 5.93. The molecule has 1 atom stereocenters. The first-order valence-electron chi connectivity index (χ1n) is 3.29. The summed E-state index contributed by atoms with van der Waals surface area (Å²) in [6, 6.07) is 0. The molecule has 1 rings (SSSR count). The highest BCUT2D eigenvalue weighted by molar-refractivity contribution is 5.27. The molecule has 0 aromatic carbocycles. The summed E-state index contributed by atoms with van der Waals surface area (Å²) >= 11 is 0. The van der Waals surface area contributed by atoms with E-state index >= 15 is 0 Å². The van der Waals surface area contributed by atoms with Crippen molar-refractivity contribution in [2.75, 3.05) is 14.2 Å². The topological polar surface area (TPSA) is 12.5 Å². The predicted octanol–water partition coefficient (Wildman–Crippen LogP) is 1.36. The van der Waals surface area contributed by atoms with Crippen molar-refractivity contribution < 1.29 is 4.74 Å². The number of hydrogen-bond donors (Lipinski definition) is 0. The third kappa shape index (κ3) is 0.948. The largest absolute Gasteiger partial charge is 0.371 e. The molecule has 2 nitrogen and oxygen atoms in total. The zero-order valence-corrected chi connectivity index (χ0v) is 6.72. The average Bonchev–Trinajstić information content (AvgIpc) is 2.09. The van der Waals surface area contributed by atoms with E-state index in [0.717, 1.165) is 5.70 Å². The Balaban J connectivity index is 2.78. The van der Waals surface area contributed by atoms with Crippen LogP contribution >= 0.6 is 0 Å². The number of hydrogen-bond acceptors (Lipinski definition) is 2. The van der Waals surface area contributed by atoms with Crippen molar-refractivity contribution in [2.24, 2.45) is 0 Å². The molecule has 0 amide bonds. The molecule has 0 spiro atoms. The van der Waals surface area contributed by atoms with Crippen LogP contribution in [0.5, 0.6) is 0 Å². The first-order valence-corrected chi connectivity index (χ1v) is 3.29. The van der Waals surface area contributed by atoms with Crippen molar-refractivity contribution >= 4 is 0 Å². The van der Waals surface area contributed by atoms with Crippen LogP contribution in [0, 0.1) is 0 Å². The molecule has 0 aromatic rings. The van der Waals surface area contributed by atoms with Gasteiger partial charge in [0.25, 0.3) is 0 Å². The summed E-state index contributed by atoms with van der Waals surface area (Å²) in [7, 11) is 3.68. The van der Waals surface area contributed by atoms with Gasteiger partial charge in [-0.05, 0) is 12.5 Å². The van der Waals surface area contributed by atoms with Gasteiger partial charge in [0.1, 0.15) is 6.10 Å². The summed E-state index contributed by atoms with van der Waals surface area (Å²) in [5, 5.41) is 0. The molecule has 0 N–H and O–H groups in total. The van der Waals surface area contributed by atoms with E-state index in [0.29, 0.717) is 0 Å². The molecule has 0 aliphatic carbocycles. The van der Waals surface area contributed by atoms with Gasteiger partial charge < -0.3 is 9.64 Å². The lowest BCUT2D eigenvalue weighted by Crippen LogP contribution is -2.16. The van der Waals surface area contributed by atoms with E-state index in [-0.39, 0.29) is 6.10 Å². The minimum atomic E-state index is 0.102. The molecule has 0 saturated heterocycles. The first kappa shape index (κ1) is 7.35. The van der Waals surface area contributed by atoms with E-state index in [9.17, 15) is 0 Å². The third-order valence-electron chi connectivity index (χ3n) is 1.80. The fourth-order valence-corrected chi connectivity index (χ4v) is 1.23. The summed E-state index contributed by atoms with van der Waals surface area (Å²) in [6.07, 6.45) is 2.14. The average molecular weight is 139 g/mol. The molecule has 0 aromatic heterocycles. The van der Waals surface area contributed by atoms with Crippen molar-refractivity contribution in [1.82, 2.24) is 4.90 Å². The molecule has 1 heterocycles. The molecule has 56 valence electrons. The molecular weight excluding hydrogens is 126 g/mol. The quantitative estimate of drug-likeness (QED) is 0.544. The Morgan fingerprint density at radius 1 is 1.70 bits per heavy atom. The third-order valence-corrected chi connectivity index (χ3v) is 1.80. The second-order valence-electron chi connectivity index (χ2n) is 2.59. The summed E-state index contributed by atoms with van der Waals surface area (Å²) < 4.78 is 5.20. The van der Waals surface area contributed by atoms with Gasteiger partial charge in [0.15, 0.2) is 0 Å². The van der Waals surface area contributed by atoms with Gasteiger partial charge in [-0.1, -0.05) is 6.58 Å². The van der Waals surface area contributed by atoms with Gasteiger partial charge in [0.2, 0.25) is 0 Å². The number of methoxy groups -OCH3 is 1. The van der Waals surface area contributed by atoms with Crippen LogP contribution in [0.4, 0.5) is 0 Å². The van der Waals surface area contributed by atoms with Gasteiger partial charge in [0.05, 0.1) is 0 Å². The predicted molar refractivity (Wildman–Crippen MR) is 41.5 cm³/mol. The second-order valence-corrected chi connectivity index (χ2v) is 2.59. The van der Waals surface area contributed by atoms with Gasteiger partial charge in [-0.25, -0.2) is 0 Å². The molecule has 0 radical (unpaired) electrons. The lowest BCUT2D eigenvalue weighted by Gasteiger charge is -2.15. The smallest absolute Gasteiger partial charge is 0.119 e. The maximum atomic E-state index is 5.20. The number of rotatable bonds is 1. The minimum Gasteiger partial charge on any atom is -0.371 e. The van der Waals surface area contributed by atoms with Gasteiger partial charge in [-0.15, -0.1) is 0 Å².